The van der Waals surface area contributed by atoms with E-state index >= 15 is 0 Å². The van der Waals surface area contributed by atoms with Crippen LogP contribution in [0.1, 0.15) is 18.9 Å². The Balaban J connectivity index is 2.44. The van der Waals surface area contributed by atoms with Gasteiger partial charge in [0.1, 0.15) is 11.5 Å². The summed E-state index contributed by atoms with van der Waals surface area (Å²) in [7, 11) is 3.37. The number of methoxy groups -OCH3 is 2. The van der Waals surface area contributed by atoms with Gasteiger partial charge in [0.15, 0.2) is 0 Å². The van der Waals surface area contributed by atoms with Crippen molar-refractivity contribution in [2.75, 3.05) is 19.5 Å². The molecular formula is C12H17NO2. The van der Waals surface area contributed by atoms with Gasteiger partial charge in [-0.1, -0.05) is 0 Å². The summed E-state index contributed by atoms with van der Waals surface area (Å²) in [4.78, 5) is 0. The molecule has 1 N–H and O–H groups in total. The van der Waals surface area contributed by atoms with Gasteiger partial charge in [0, 0.05) is 12.1 Å². The minimum absolute atomic E-state index is 0.514. The Kier molecular flexibility index (Phi) is 2.71. The van der Waals surface area contributed by atoms with Crippen molar-refractivity contribution in [3.8, 4) is 11.5 Å². The van der Waals surface area contributed by atoms with E-state index < -0.39 is 0 Å². The zero-order chi connectivity index (χ0) is 10.8. The van der Waals surface area contributed by atoms with Crippen LogP contribution in [0, 0.1) is 0 Å². The van der Waals surface area contributed by atoms with E-state index in [1.54, 1.807) is 14.2 Å². The fourth-order valence-corrected chi connectivity index (χ4v) is 1.98. The van der Waals surface area contributed by atoms with E-state index in [2.05, 4.69) is 18.3 Å². The summed E-state index contributed by atoms with van der Waals surface area (Å²) in [5.74, 6) is 1.73. The largest absolute Gasteiger partial charge is 0.497 e. The maximum absolute atomic E-state index is 5.36. The number of anilines is 1. The lowest BCUT2D eigenvalue weighted by Gasteiger charge is -2.26. The van der Waals surface area contributed by atoms with Crippen LogP contribution in [0.5, 0.6) is 11.5 Å². The van der Waals surface area contributed by atoms with Crippen molar-refractivity contribution in [1.29, 1.82) is 0 Å². The van der Waals surface area contributed by atoms with Gasteiger partial charge < -0.3 is 14.8 Å². The van der Waals surface area contributed by atoms with Gasteiger partial charge in [-0.15, -0.1) is 0 Å². The normalized spacial score (nSPS) is 19.0. The number of benzene rings is 1. The summed E-state index contributed by atoms with van der Waals surface area (Å²) in [6, 6.07) is 4.51. The first-order valence-corrected chi connectivity index (χ1v) is 5.26. The van der Waals surface area contributed by atoms with Gasteiger partial charge in [-0.05, 0) is 31.4 Å². The van der Waals surface area contributed by atoms with Crippen LogP contribution in [0.25, 0.3) is 0 Å². The average Bonchev–Trinajstić information content (AvgIpc) is 2.27. The van der Waals surface area contributed by atoms with Crippen molar-refractivity contribution < 1.29 is 9.47 Å². The highest BCUT2D eigenvalue weighted by Gasteiger charge is 2.19. The lowest BCUT2D eigenvalue weighted by molar-refractivity contribution is 0.393. The number of ether oxygens (including phenoxy) is 2. The van der Waals surface area contributed by atoms with E-state index in [0.29, 0.717) is 6.04 Å². The molecule has 15 heavy (non-hydrogen) atoms. The summed E-state index contributed by atoms with van der Waals surface area (Å²) in [5, 5.41) is 3.45. The van der Waals surface area contributed by atoms with Gasteiger partial charge in [0.05, 0.1) is 19.9 Å². The summed E-state index contributed by atoms with van der Waals surface area (Å²) >= 11 is 0. The molecule has 0 spiro atoms. The molecule has 0 fully saturated rings. The topological polar surface area (TPSA) is 30.5 Å². The van der Waals surface area contributed by atoms with E-state index in [0.717, 1.165) is 30.0 Å². The summed E-state index contributed by atoms with van der Waals surface area (Å²) < 4.78 is 10.6. The molecule has 1 aromatic carbocycles. The maximum atomic E-state index is 5.36. The van der Waals surface area contributed by atoms with Crippen LogP contribution in [0.15, 0.2) is 12.1 Å². The highest BCUT2D eigenvalue weighted by molar-refractivity contribution is 5.66. The number of fused-ring (bicyclic) bond motifs is 1. The van der Waals surface area contributed by atoms with E-state index in [4.69, 9.17) is 9.47 Å². The van der Waals surface area contributed by atoms with Crippen LogP contribution in [-0.4, -0.2) is 20.3 Å². The molecule has 1 unspecified atom stereocenters. The Morgan fingerprint density at radius 1 is 1.27 bits per heavy atom. The highest BCUT2D eigenvalue weighted by Crippen LogP contribution is 2.37. The molecule has 3 nitrogen and oxygen atoms in total. The first kappa shape index (κ1) is 10.1. The SMILES string of the molecule is COc1cc2c(c(OC)c1)NC(C)CC2. The molecule has 0 aromatic heterocycles. The van der Waals surface area contributed by atoms with Crippen molar-refractivity contribution in [2.45, 2.75) is 25.8 Å². The van der Waals surface area contributed by atoms with Crippen molar-refractivity contribution in [3.63, 3.8) is 0 Å². The van der Waals surface area contributed by atoms with Gasteiger partial charge in [-0.3, -0.25) is 0 Å². The number of nitrogens with one attached hydrogen (secondary N) is 1. The molecular weight excluding hydrogens is 190 g/mol. The molecule has 82 valence electrons. The maximum Gasteiger partial charge on any atom is 0.145 e. The van der Waals surface area contributed by atoms with E-state index in [9.17, 15) is 0 Å². The molecule has 2 rings (SSSR count). The molecule has 1 atom stereocenters. The quantitative estimate of drug-likeness (QED) is 0.808. The van der Waals surface area contributed by atoms with Crippen LogP contribution in [0.4, 0.5) is 5.69 Å². The minimum atomic E-state index is 0.514. The van der Waals surface area contributed by atoms with Crippen molar-refractivity contribution in [1.82, 2.24) is 0 Å². The Morgan fingerprint density at radius 2 is 2.07 bits per heavy atom. The first-order chi connectivity index (χ1) is 7.24. The summed E-state index contributed by atoms with van der Waals surface area (Å²) in [6.07, 6.45) is 2.24. The monoisotopic (exact) mass is 207 g/mol. The predicted octanol–water partition coefficient (Wildman–Crippen LogP) is 2.45. The van der Waals surface area contributed by atoms with Crippen molar-refractivity contribution >= 4 is 5.69 Å². The second-order valence-electron chi connectivity index (χ2n) is 3.95. The molecule has 1 aliphatic heterocycles. The number of aryl methyl sites for hydroxylation is 1. The Bertz CT molecular complexity index is 346. The third-order valence-electron chi connectivity index (χ3n) is 2.85. The third kappa shape index (κ3) is 1.87. The lowest BCUT2D eigenvalue weighted by atomic mass is 9.98. The molecule has 0 aliphatic carbocycles. The Hall–Kier alpha value is -1.38. The summed E-state index contributed by atoms with van der Waals surface area (Å²) in [6.45, 7) is 2.19. The second-order valence-corrected chi connectivity index (χ2v) is 3.95. The van der Waals surface area contributed by atoms with Crippen LogP contribution in [0.2, 0.25) is 0 Å². The van der Waals surface area contributed by atoms with Gasteiger partial charge in [-0.25, -0.2) is 0 Å². The fraction of sp³-hybridized carbons (Fsp3) is 0.500. The van der Waals surface area contributed by atoms with Gasteiger partial charge in [0.25, 0.3) is 0 Å². The number of hydrogen-bond acceptors (Lipinski definition) is 3. The van der Waals surface area contributed by atoms with Crippen LogP contribution >= 0.6 is 0 Å². The highest BCUT2D eigenvalue weighted by atomic mass is 16.5. The smallest absolute Gasteiger partial charge is 0.145 e. The second kappa shape index (κ2) is 4.01. The summed E-state index contributed by atoms with van der Waals surface area (Å²) in [5.41, 5.74) is 2.40. The molecule has 0 radical (unpaired) electrons. The zero-order valence-electron chi connectivity index (χ0n) is 9.46. The van der Waals surface area contributed by atoms with E-state index in [-0.39, 0.29) is 0 Å². The molecule has 1 aromatic rings. The van der Waals surface area contributed by atoms with Crippen molar-refractivity contribution in [3.05, 3.63) is 17.7 Å². The number of rotatable bonds is 2. The van der Waals surface area contributed by atoms with Crippen molar-refractivity contribution in [2.24, 2.45) is 0 Å². The third-order valence-corrected chi connectivity index (χ3v) is 2.85. The molecule has 1 heterocycles. The fourth-order valence-electron chi connectivity index (χ4n) is 1.98. The van der Waals surface area contributed by atoms with Crippen LogP contribution < -0.4 is 14.8 Å². The van der Waals surface area contributed by atoms with Crippen LogP contribution in [-0.2, 0) is 6.42 Å². The molecule has 0 amide bonds. The zero-order valence-corrected chi connectivity index (χ0v) is 9.46. The van der Waals surface area contributed by atoms with Gasteiger partial charge in [0.2, 0.25) is 0 Å². The molecule has 0 saturated carbocycles. The first-order valence-electron chi connectivity index (χ1n) is 5.26. The lowest BCUT2D eigenvalue weighted by Crippen LogP contribution is -2.22. The van der Waals surface area contributed by atoms with Gasteiger partial charge in [-0.2, -0.15) is 0 Å². The predicted molar refractivity (Wildman–Crippen MR) is 61.0 cm³/mol. The standard InChI is InChI=1S/C12H17NO2/c1-8-4-5-9-6-10(14-2)7-11(15-3)12(9)13-8/h6-8,13H,4-5H2,1-3H3. The van der Waals surface area contributed by atoms with Crippen LogP contribution in [0.3, 0.4) is 0 Å². The van der Waals surface area contributed by atoms with E-state index in [1.165, 1.54) is 5.56 Å². The average molecular weight is 207 g/mol. The number of hydrogen-bond donors (Lipinski definition) is 1. The van der Waals surface area contributed by atoms with E-state index in [1.807, 2.05) is 6.07 Å². The Morgan fingerprint density at radius 3 is 2.73 bits per heavy atom. The minimum Gasteiger partial charge on any atom is -0.497 e. The van der Waals surface area contributed by atoms with Gasteiger partial charge >= 0.3 is 0 Å². The molecule has 0 saturated heterocycles. The molecule has 1 aliphatic rings. The molecule has 0 bridgehead atoms. The Labute approximate surface area is 90.4 Å². The molecule has 3 heteroatoms.